The third-order valence-corrected chi connectivity index (χ3v) is 5.10. The molecule has 7 heteroatoms. The van der Waals surface area contributed by atoms with Crippen molar-refractivity contribution in [1.29, 1.82) is 0 Å². The number of amides is 1. The van der Waals surface area contributed by atoms with Crippen LogP contribution in [0.3, 0.4) is 0 Å². The second-order valence-electron chi connectivity index (χ2n) is 5.42. The normalized spacial score (nSPS) is 16.2. The smallest absolute Gasteiger partial charge is 0.216 e. The van der Waals surface area contributed by atoms with Crippen LogP contribution in [0, 0.1) is 0 Å². The van der Waals surface area contributed by atoms with Crippen molar-refractivity contribution in [1.82, 2.24) is 15.2 Å². The van der Waals surface area contributed by atoms with E-state index >= 15 is 0 Å². The molecule has 1 aliphatic heterocycles. The van der Waals surface area contributed by atoms with Crippen LogP contribution in [-0.2, 0) is 4.79 Å². The average molecular weight is 339 g/mol. The van der Waals surface area contributed by atoms with Gasteiger partial charge in [0.2, 0.25) is 5.91 Å². The second kappa shape index (κ2) is 6.81. The number of rotatable bonds is 4. The Morgan fingerprint density at radius 1 is 1.36 bits per heavy atom. The van der Waals surface area contributed by atoms with Gasteiger partial charge in [0.15, 0.2) is 5.13 Å². The summed E-state index contributed by atoms with van der Waals surface area (Å²) < 4.78 is 1.13. The molecule has 22 heavy (non-hydrogen) atoms. The number of aromatic nitrogens is 1. The van der Waals surface area contributed by atoms with Gasteiger partial charge in [0.1, 0.15) is 0 Å². The topological polar surface area (TPSA) is 48.5 Å². The van der Waals surface area contributed by atoms with Gasteiger partial charge in [-0.05, 0) is 18.2 Å². The summed E-state index contributed by atoms with van der Waals surface area (Å²) >= 11 is 7.73. The number of anilines is 1. The fraction of sp³-hybridized carbons (Fsp3) is 0.467. The maximum atomic E-state index is 10.9. The Hall–Kier alpha value is -1.37. The molecule has 2 heterocycles. The molecule has 0 spiro atoms. The van der Waals surface area contributed by atoms with Gasteiger partial charge in [-0.3, -0.25) is 9.69 Å². The molecule has 0 unspecified atom stereocenters. The molecule has 3 rings (SSSR count). The van der Waals surface area contributed by atoms with Crippen LogP contribution < -0.4 is 10.2 Å². The molecule has 0 atom stereocenters. The molecule has 1 saturated heterocycles. The van der Waals surface area contributed by atoms with Crippen molar-refractivity contribution in [3.8, 4) is 0 Å². The summed E-state index contributed by atoms with van der Waals surface area (Å²) in [7, 11) is 0. The number of hydrogen-bond donors (Lipinski definition) is 1. The molecule has 1 aromatic heterocycles. The average Bonchev–Trinajstić information content (AvgIpc) is 2.90. The molecule has 118 valence electrons. The van der Waals surface area contributed by atoms with Crippen molar-refractivity contribution in [2.75, 3.05) is 44.2 Å². The van der Waals surface area contributed by atoms with E-state index in [1.807, 2.05) is 18.2 Å². The van der Waals surface area contributed by atoms with E-state index in [0.717, 1.165) is 59.6 Å². The van der Waals surface area contributed by atoms with Crippen molar-refractivity contribution in [3.05, 3.63) is 23.2 Å². The monoisotopic (exact) mass is 338 g/mol. The van der Waals surface area contributed by atoms with Gasteiger partial charge in [-0.1, -0.05) is 22.9 Å². The molecule has 1 N–H and O–H groups in total. The largest absolute Gasteiger partial charge is 0.355 e. The zero-order valence-electron chi connectivity index (χ0n) is 12.5. The highest BCUT2D eigenvalue weighted by atomic mass is 35.5. The molecule has 5 nitrogen and oxygen atoms in total. The van der Waals surface area contributed by atoms with E-state index in [-0.39, 0.29) is 5.91 Å². The summed E-state index contributed by atoms with van der Waals surface area (Å²) in [5, 5.41) is 4.67. The Kier molecular flexibility index (Phi) is 4.81. The lowest BCUT2D eigenvalue weighted by atomic mass is 10.3. The minimum Gasteiger partial charge on any atom is -0.355 e. The second-order valence-corrected chi connectivity index (χ2v) is 6.87. The summed E-state index contributed by atoms with van der Waals surface area (Å²) in [4.78, 5) is 20.3. The molecule has 1 aromatic carbocycles. The standard InChI is InChI=1S/C15H19ClN4OS/c1-11(21)17-4-5-19-6-8-20(9-7-19)15-18-13-3-2-12(16)10-14(13)22-15/h2-3,10H,4-9H2,1H3,(H,17,21). The highest BCUT2D eigenvalue weighted by molar-refractivity contribution is 7.22. The highest BCUT2D eigenvalue weighted by Gasteiger charge is 2.19. The van der Waals surface area contributed by atoms with Gasteiger partial charge in [-0.2, -0.15) is 0 Å². The van der Waals surface area contributed by atoms with Crippen LogP contribution in [0.15, 0.2) is 18.2 Å². The third kappa shape index (κ3) is 3.69. The van der Waals surface area contributed by atoms with E-state index in [0.29, 0.717) is 0 Å². The quantitative estimate of drug-likeness (QED) is 0.928. The van der Waals surface area contributed by atoms with Crippen LogP contribution in [-0.4, -0.2) is 55.1 Å². The molecule has 0 radical (unpaired) electrons. The molecule has 0 bridgehead atoms. The molecule has 1 amide bonds. The minimum atomic E-state index is 0.0340. The molecular weight excluding hydrogens is 320 g/mol. The maximum Gasteiger partial charge on any atom is 0.216 e. The first kappa shape index (κ1) is 15.5. The zero-order valence-corrected chi connectivity index (χ0v) is 14.1. The number of fused-ring (bicyclic) bond motifs is 1. The SMILES string of the molecule is CC(=O)NCCN1CCN(c2nc3ccc(Cl)cc3s2)CC1. The first-order chi connectivity index (χ1) is 10.6. The Labute approximate surface area is 138 Å². The summed E-state index contributed by atoms with van der Waals surface area (Å²) in [6.07, 6.45) is 0. The van der Waals surface area contributed by atoms with Crippen LogP contribution in [0.2, 0.25) is 5.02 Å². The van der Waals surface area contributed by atoms with Crippen LogP contribution in [0.4, 0.5) is 5.13 Å². The summed E-state index contributed by atoms with van der Waals surface area (Å²) in [6.45, 7) is 7.10. The fourth-order valence-corrected chi connectivity index (χ4v) is 3.87. The van der Waals surface area contributed by atoms with Gasteiger partial charge in [0.25, 0.3) is 0 Å². The van der Waals surface area contributed by atoms with Crippen LogP contribution in [0.25, 0.3) is 10.2 Å². The van der Waals surface area contributed by atoms with Gasteiger partial charge in [0.05, 0.1) is 10.2 Å². The van der Waals surface area contributed by atoms with Crippen molar-refractivity contribution < 1.29 is 4.79 Å². The number of carbonyl (C=O) groups excluding carboxylic acids is 1. The molecule has 0 saturated carbocycles. The third-order valence-electron chi connectivity index (χ3n) is 3.78. The number of halogens is 1. The summed E-state index contributed by atoms with van der Waals surface area (Å²) in [5.74, 6) is 0.0340. The highest BCUT2D eigenvalue weighted by Crippen LogP contribution is 2.31. The number of nitrogens with zero attached hydrogens (tertiary/aromatic N) is 3. The Morgan fingerprint density at radius 3 is 2.86 bits per heavy atom. The van der Waals surface area contributed by atoms with Crippen LogP contribution >= 0.6 is 22.9 Å². The lowest BCUT2D eigenvalue weighted by Gasteiger charge is -2.34. The molecular formula is C15H19ClN4OS. The van der Waals surface area contributed by atoms with E-state index < -0.39 is 0 Å². The van der Waals surface area contributed by atoms with Crippen molar-refractivity contribution in [2.45, 2.75) is 6.92 Å². The van der Waals surface area contributed by atoms with Gasteiger partial charge in [-0.15, -0.1) is 0 Å². The molecule has 0 aliphatic carbocycles. The van der Waals surface area contributed by atoms with E-state index in [1.165, 1.54) is 0 Å². The van der Waals surface area contributed by atoms with Crippen molar-refractivity contribution >= 4 is 44.2 Å². The summed E-state index contributed by atoms with van der Waals surface area (Å²) in [5.41, 5.74) is 1.01. The van der Waals surface area contributed by atoms with Gasteiger partial charge >= 0.3 is 0 Å². The Balaban J connectivity index is 1.57. The van der Waals surface area contributed by atoms with E-state index in [1.54, 1.807) is 18.3 Å². The Morgan fingerprint density at radius 2 is 2.14 bits per heavy atom. The van der Waals surface area contributed by atoms with E-state index in [4.69, 9.17) is 16.6 Å². The minimum absolute atomic E-state index is 0.0340. The van der Waals surface area contributed by atoms with Gasteiger partial charge in [-0.25, -0.2) is 4.98 Å². The number of benzene rings is 1. The number of hydrogen-bond acceptors (Lipinski definition) is 5. The molecule has 1 aliphatic rings. The van der Waals surface area contributed by atoms with Gasteiger partial charge < -0.3 is 10.2 Å². The van der Waals surface area contributed by atoms with E-state index in [9.17, 15) is 4.79 Å². The zero-order chi connectivity index (χ0) is 15.5. The first-order valence-corrected chi connectivity index (χ1v) is 8.59. The maximum absolute atomic E-state index is 10.9. The number of nitrogens with one attached hydrogen (secondary N) is 1. The number of thiazole rings is 1. The summed E-state index contributed by atoms with van der Waals surface area (Å²) in [6, 6.07) is 5.83. The predicted molar refractivity (Wildman–Crippen MR) is 92.0 cm³/mol. The lowest BCUT2D eigenvalue weighted by molar-refractivity contribution is -0.119. The lowest BCUT2D eigenvalue weighted by Crippen LogP contribution is -2.48. The fourth-order valence-electron chi connectivity index (χ4n) is 2.57. The Bertz CT molecular complexity index is 667. The van der Waals surface area contributed by atoms with E-state index in [2.05, 4.69) is 15.1 Å². The van der Waals surface area contributed by atoms with Crippen molar-refractivity contribution in [2.24, 2.45) is 0 Å². The van der Waals surface area contributed by atoms with Crippen LogP contribution in [0.1, 0.15) is 6.92 Å². The predicted octanol–water partition coefficient (Wildman–Crippen LogP) is 2.21. The van der Waals surface area contributed by atoms with Crippen LogP contribution in [0.5, 0.6) is 0 Å². The number of piperazine rings is 1. The molecule has 1 fully saturated rings. The first-order valence-electron chi connectivity index (χ1n) is 7.39. The van der Waals surface area contributed by atoms with Gasteiger partial charge in [0, 0.05) is 51.2 Å². The number of carbonyl (C=O) groups is 1. The molecule has 2 aromatic rings. The van der Waals surface area contributed by atoms with Crippen molar-refractivity contribution in [3.63, 3.8) is 0 Å².